The summed E-state index contributed by atoms with van der Waals surface area (Å²) in [5.41, 5.74) is 3.71. The smallest absolute Gasteiger partial charge is 0.419 e. The van der Waals surface area contributed by atoms with Gasteiger partial charge < -0.3 is 23.8 Å². The van der Waals surface area contributed by atoms with E-state index in [1.165, 1.54) is 11.7 Å². The number of anilines is 1. The lowest BCUT2D eigenvalue weighted by Gasteiger charge is -2.55. The van der Waals surface area contributed by atoms with Crippen LogP contribution in [0.2, 0.25) is 0 Å². The second-order valence-electron chi connectivity index (χ2n) is 14.5. The average Bonchev–Trinajstić information content (AvgIpc) is 3.43. The molecule has 0 amide bonds. The summed E-state index contributed by atoms with van der Waals surface area (Å²) in [6.45, 7) is 9.83. The molecule has 6 rings (SSSR count). The molecule has 0 radical (unpaired) electrons. The van der Waals surface area contributed by atoms with Crippen molar-refractivity contribution in [3.8, 4) is 5.75 Å². The summed E-state index contributed by atoms with van der Waals surface area (Å²) in [6, 6.07) is 9.21. The molecule has 9 nitrogen and oxygen atoms in total. The Bertz CT molecular complexity index is 1680. The summed E-state index contributed by atoms with van der Waals surface area (Å²) >= 11 is 0. The predicted octanol–water partition coefficient (Wildman–Crippen LogP) is 7.12. The van der Waals surface area contributed by atoms with Crippen molar-refractivity contribution in [2.45, 2.75) is 83.6 Å². The van der Waals surface area contributed by atoms with Gasteiger partial charge in [-0.1, -0.05) is 6.07 Å². The van der Waals surface area contributed by atoms with Gasteiger partial charge in [0.25, 0.3) is 0 Å². The van der Waals surface area contributed by atoms with Crippen molar-refractivity contribution >= 4 is 28.7 Å². The summed E-state index contributed by atoms with van der Waals surface area (Å²) in [6.07, 6.45) is 2.31. The van der Waals surface area contributed by atoms with Gasteiger partial charge in [-0.3, -0.25) is 9.47 Å². The summed E-state index contributed by atoms with van der Waals surface area (Å²) < 4.78 is 52.6. The molecule has 254 valence electrons. The first-order chi connectivity index (χ1) is 22.2. The summed E-state index contributed by atoms with van der Waals surface area (Å²) in [7, 11) is 4.67. The predicted molar refractivity (Wildman–Crippen MR) is 175 cm³/mol. The number of aromatic nitrogens is 1. The molecular formula is C36H45F2N3O6. The monoisotopic (exact) mass is 653 g/mol. The van der Waals surface area contributed by atoms with Crippen molar-refractivity contribution in [1.29, 1.82) is 0 Å². The highest BCUT2D eigenvalue weighted by Crippen LogP contribution is 2.61. The van der Waals surface area contributed by atoms with Crippen LogP contribution < -0.4 is 9.64 Å². The molecule has 2 aromatic carbocycles. The maximum atomic E-state index is 14.4. The molecule has 3 aliphatic rings. The minimum absolute atomic E-state index is 0.0721. The van der Waals surface area contributed by atoms with Gasteiger partial charge in [-0.2, -0.15) is 0 Å². The summed E-state index contributed by atoms with van der Waals surface area (Å²) in [4.78, 5) is 30.3. The van der Waals surface area contributed by atoms with Crippen LogP contribution in [0.5, 0.6) is 5.75 Å². The fraction of sp³-hybridized carbons (Fsp3) is 0.556. The van der Waals surface area contributed by atoms with Crippen LogP contribution in [0.3, 0.4) is 0 Å². The molecule has 0 N–H and O–H groups in total. The maximum absolute atomic E-state index is 14.4. The quantitative estimate of drug-likeness (QED) is 0.250. The van der Waals surface area contributed by atoms with Crippen molar-refractivity contribution in [1.82, 2.24) is 9.47 Å². The number of esters is 1. The van der Waals surface area contributed by atoms with Crippen molar-refractivity contribution in [2.75, 3.05) is 45.9 Å². The van der Waals surface area contributed by atoms with Gasteiger partial charge in [0, 0.05) is 68.5 Å². The lowest BCUT2D eigenvalue weighted by atomic mass is 9.58. The van der Waals surface area contributed by atoms with Crippen LogP contribution in [0.15, 0.2) is 36.5 Å². The number of nitrogens with zero attached hydrogens (tertiary/aromatic N) is 3. The Labute approximate surface area is 274 Å². The summed E-state index contributed by atoms with van der Waals surface area (Å²) in [5.74, 6) is -2.39. The van der Waals surface area contributed by atoms with Gasteiger partial charge in [0.05, 0.1) is 31.4 Å². The number of carbonyl (C=O) groups excluding carboxylic acids is 2. The zero-order valence-electron chi connectivity index (χ0n) is 28.3. The Morgan fingerprint density at radius 2 is 1.77 bits per heavy atom. The first-order valence-corrected chi connectivity index (χ1v) is 16.2. The number of piperidine rings is 1. The van der Waals surface area contributed by atoms with Crippen LogP contribution in [0.1, 0.15) is 79.5 Å². The topological polar surface area (TPSA) is 82.5 Å². The lowest BCUT2D eigenvalue weighted by molar-refractivity contribution is -0.186. The zero-order chi connectivity index (χ0) is 33.9. The number of benzene rings is 2. The molecule has 2 saturated heterocycles. The van der Waals surface area contributed by atoms with Crippen LogP contribution >= 0.6 is 0 Å². The Hall–Kier alpha value is -3.70. The molecule has 1 atom stereocenters. The third-order valence-electron chi connectivity index (χ3n) is 10.00. The molecule has 1 spiro atoms. The fourth-order valence-corrected chi connectivity index (χ4v) is 7.74. The second-order valence-corrected chi connectivity index (χ2v) is 14.5. The summed E-state index contributed by atoms with van der Waals surface area (Å²) in [5, 5.41) is 0.869. The van der Waals surface area contributed by atoms with Crippen LogP contribution in [0.25, 0.3) is 10.9 Å². The van der Waals surface area contributed by atoms with Gasteiger partial charge in [0.2, 0.25) is 5.92 Å². The van der Waals surface area contributed by atoms with Gasteiger partial charge in [0.1, 0.15) is 11.4 Å². The standard InChI is InChI=1S/C36H45F2N3O6/c1-22-14-30(45-6)27(25-10-12-41(31(22)25)33(43)47-34(2,3)4)19-39-13-11-35(20-36(37,38)21-35)16-29(39)26-9-8-23(32(42)46-7)15-28(26)40-17-24(18-40)44-5/h8-10,12,14-15,24,29H,11,13,16-21H2,1-7H3/t29-/m1/s1. The van der Waals surface area contributed by atoms with E-state index in [0.29, 0.717) is 50.3 Å². The first kappa shape index (κ1) is 33.2. The van der Waals surface area contributed by atoms with Gasteiger partial charge in [-0.05, 0) is 87.9 Å². The number of halogens is 2. The van der Waals surface area contributed by atoms with Crippen LogP contribution in [-0.2, 0) is 20.8 Å². The van der Waals surface area contributed by atoms with Crippen LogP contribution in [-0.4, -0.2) is 80.1 Å². The number of aryl methyl sites for hydroxylation is 1. The van der Waals surface area contributed by atoms with Crippen molar-refractivity contribution in [3.05, 3.63) is 58.8 Å². The lowest BCUT2D eigenvalue weighted by Crippen LogP contribution is -2.54. The molecular weight excluding hydrogens is 608 g/mol. The largest absolute Gasteiger partial charge is 0.496 e. The molecule has 1 aromatic heterocycles. The molecule has 47 heavy (non-hydrogen) atoms. The van der Waals surface area contributed by atoms with Crippen molar-refractivity contribution < 1.29 is 37.3 Å². The first-order valence-electron chi connectivity index (χ1n) is 16.2. The Balaban J connectivity index is 1.42. The van der Waals surface area contributed by atoms with E-state index in [2.05, 4.69) is 9.80 Å². The zero-order valence-corrected chi connectivity index (χ0v) is 28.3. The normalized spacial score (nSPS) is 21.0. The number of likely N-dealkylation sites (tertiary alicyclic amines) is 1. The molecule has 11 heteroatoms. The number of hydrogen-bond donors (Lipinski definition) is 0. The number of alkyl halides is 2. The molecule has 3 heterocycles. The molecule has 2 aliphatic heterocycles. The van der Waals surface area contributed by atoms with Gasteiger partial charge >= 0.3 is 12.1 Å². The van der Waals surface area contributed by atoms with Crippen LogP contribution in [0, 0.1) is 12.3 Å². The van der Waals surface area contributed by atoms with Crippen molar-refractivity contribution in [3.63, 3.8) is 0 Å². The van der Waals surface area contributed by atoms with E-state index in [1.54, 1.807) is 26.5 Å². The Morgan fingerprint density at radius 1 is 1.04 bits per heavy atom. The van der Waals surface area contributed by atoms with Crippen molar-refractivity contribution in [2.24, 2.45) is 5.41 Å². The van der Waals surface area contributed by atoms with E-state index in [1.807, 2.05) is 52.0 Å². The molecule has 3 aromatic rings. The average molecular weight is 654 g/mol. The van der Waals surface area contributed by atoms with E-state index < -0.39 is 29.0 Å². The molecule has 0 bridgehead atoms. The van der Waals surface area contributed by atoms with E-state index in [0.717, 1.165) is 33.3 Å². The van der Waals surface area contributed by atoms with Gasteiger partial charge in [0.15, 0.2) is 0 Å². The van der Waals surface area contributed by atoms with E-state index in [9.17, 15) is 18.4 Å². The molecule has 0 unspecified atom stereocenters. The van der Waals surface area contributed by atoms with Crippen LogP contribution in [0.4, 0.5) is 19.3 Å². The number of hydrogen-bond acceptors (Lipinski definition) is 8. The second kappa shape index (κ2) is 12.1. The number of fused-ring (bicyclic) bond motifs is 1. The molecule has 1 aliphatic carbocycles. The Kier molecular flexibility index (Phi) is 8.53. The molecule has 3 fully saturated rings. The third-order valence-corrected chi connectivity index (χ3v) is 10.00. The number of ether oxygens (including phenoxy) is 4. The number of carbonyl (C=O) groups is 2. The maximum Gasteiger partial charge on any atom is 0.419 e. The minimum atomic E-state index is -2.65. The van der Waals surface area contributed by atoms with E-state index >= 15 is 0 Å². The Morgan fingerprint density at radius 3 is 2.38 bits per heavy atom. The van der Waals surface area contributed by atoms with Gasteiger partial charge in [-0.15, -0.1) is 0 Å². The molecule has 1 saturated carbocycles. The SMILES string of the molecule is COC(=O)c1ccc([C@H]2CC3(CCN2Cc2c(OC)cc(C)c4c2ccn4C(=O)OC(C)(C)C)CC(F)(F)C3)c(N2CC(OC)C2)c1. The highest BCUT2D eigenvalue weighted by Gasteiger charge is 2.58. The highest BCUT2D eigenvalue weighted by molar-refractivity contribution is 5.95. The fourth-order valence-electron chi connectivity index (χ4n) is 7.74. The highest BCUT2D eigenvalue weighted by atomic mass is 19.3. The number of rotatable bonds is 7. The van der Waals surface area contributed by atoms with E-state index in [-0.39, 0.29) is 25.0 Å². The number of methoxy groups -OCH3 is 3. The minimum Gasteiger partial charge on any atom is -0.496 e. The van der Waals surface area contributed by atoms with Gasteiger partial charge in [-0.25, -0.2) is 18.4 Å². The van der Waals surface area contributed by atoms with E-state index in [4.69, 9.17) is 18.9 Å². The third kappa shape index (κ3) is 6.32.